The molecule has 1 aliphatic heterocycles. The van der Waals surface area contributed by atoms with Crippen molar-refractivity contribution in [3.63, 3.8) is 0 Å². The Morgan fingerprint density at radius 2 is 2.00 bits per heavy atom. The van der Waals surface area contributed by atoms with Crippen LogP contribution in [0.3, 0.4) is 0 Å². The standard InChI is InChI=1S/C16H22N4O/c1-16(2,3)14-6-4-12(5-7-14)10-20-11-13(8-15(20)21)9-18-19-17/h4-7,13H,8-11H2,1-3H3. The maximum atomic E-state index is 12.0. The third-order valence-electron chi connectivity index (χ3n) is 3.89. The summed E-state index contributed by atoms with van der Waals surface area (Å²) in [7, 11) is 0. The quantitative estimate of drug-likeness (QED) is 0.473. The lowest BCUT2D eigenvalue weighted by atomic mass is 9.87. The second-order valence-corrected chi connectivity index (χ2v) is 6.70. The number of carbonyl (C=O) groups is 1. The first-order chi connectivity index (χ1) is 9.90. The molecule has 5 heteroatoms. The largest absolute Gasteiger partial charge is 0.338 e. The average molecular weight is 286 g/mol. The van der Waals surface area contributed by atoms with Crippen LogP contribution in [0.25, 0.3) is 10.4 Å². The van der Waals surface area contributed by atoms with Crippen LogP contribution in [0, 0.1) is 5.92 Å². The van der Waals surface area contributed by atoms with Gasteiger partial charge in [0.1, 0.15) is 0 Å². The second kappa shape index (κ2) is 6.19. The van der Waals surface area contributed by atoms with E-state index < -0.39 is 0 Å². The van der Waals surface area contributed by atoms with E-state index >= 15 is 0 Å². The molecule has 1 aromatic rings. The van der Waals surface area contributed by atoms with E-state index in [4.69, 9.17) is 5.53 Å². The van der Waals surface area contributed by atoms with Crippen molar-refractivity contribution in [2.75, 3.05) is 13.1 Å². The molecule has 1 saturated heterocycles. The molecular formula is C16H22N4O. The van der Waals surface area contributed by atoms with Crippen LogP contribution >= 0.6 is 0 Å². The minimum atomic E-state index is 0.141. The topological polar surface area (TPSA) is 69.1 Å². The van der Waals surface area contributed by atoms with Crippen LogP contribution in [-0.2, 0) is 16.8 Å². The Hall–Kier alpha value is -2.00. The Kier molecular flexibility index (Phi) is 4.53. The monoisotopic (exact) mass is 286 g/mol. The van der Waals surface area contributed by atoms with Gasteiger partial charge in [-0.1, -0.05) is 50.2 Å². The van der Waals surface area contributed by atoms with E-state index in [0.717, 1.165) is 5.56 Å². The van der Waals surface area contributed by atoms with Crippen molar-refractivity contribution in [1.29, 1.82) is 0 Å². The molecule has 21 heavy (non-hydrogen) atoms. The van der Waals surface area contributed by atoms with Gasteiger partial charge >= 0.3 is 0 Å². The fourth-order valence-corrected chi connectivity index (χ4v) is 2.61. The Morgan fingerprint density at radius 3 is 2.57 bits per heavy atom. The molecule has 2 rings (SSSR count). The highest BCUT2D eigenvalue weighted by Gasteiger charge is 2.28. The van der Waals surface area contributed by atoms with Gasteiger partial charge in [-0.15, -0.1) is 0 Å². The molecule has 0 spiro atoms. The highest BCUT2D eigenvalue weighted by atomic mass is 16.2. The van der Waals surface area contributed by atoms with E-state index in [-0.39, 0.29) is 17.2 Å². The van der Waals surface area contributed by atoms with Gasteiger partial charge in [0, 0.05) is 31.0 Å². The summed E-state index contributed by atoms with van der Waals surface area (Å²) in [5.41, 5.74) is 10.9. The van der Waals surface area contributed by atoms with Crippen molar-refractivity contribution >= 4 is 5.91 Å². The number of hydrogen-bond donors (Lipinski definition) is 0. The minimum Gasteiger partial charge on any atom is -0.338 e. The first kappa shape index (κ1) is 15.4. The van der Waals surface area contributed by atoms with Gasteiger partial charge in [-0.2, -0.15) is 0 Å². The fraction of sp³-hybridized carbons (Fsp3) is 0.562. The summed E-state index contributed by atoms with van der Waals surface area (Å²) in [5.74, 6) is 0.301. The number of nitrogens with zero attached hydrogens (tertiary/aromatic N) is 4. The summed E-state index contributed by atoms with van der Waals surface area (Å²) >= 11 is 0. The number of hydrogen-bond acceptors (Lipinski definition) is 2. The highest BCUT2D eigenvalue weighted by Crippen LogP contribution is 2.24. The molecule has 1 amide bonds. The Labute approximate surface area is 125 Å². The summed E-state index contributed by atoms with van der Waals surface area (Å²) in [6.45, 7) is 8.28. The smallest absolute Gasteiger partial charge is 0.223 e. The van der Waals surface area contributed by atoms with Crippen LogP contribution in [0.1, 0.15) is 38.3 Å². The first-order valence-corrected chi connectivity index (χ1v) is 7.28. The van der Waals surface area contributed by atoms with Gasteiger partial charge in [-0.3, -0.25) is 4.79 Å². The van der Waals surface area contributed by atoms with Gasteiger partial charge in [0.2, 0.25) is 5.91 Å². The average Bonchev–Trinajstić information content (AvgIpc) is 2.76. The molecule has 1 aromatic carbocycles. The van der Waals surface area contributed by atoms with Crippen molar-refractivity contribution in [3.05, 3.63) is 45.8 Å². The zero-order chi connectivity index (χ0) is 15.5. The summed E-state index contributed by atoms with van der Waals surface area (Å²) in [5, 5.41) is 3.57. The summed E-state index contributed by atoms with van der Waals surface area (Å²) < 4.78 is 0. The molecule has 5 nitrogen and oxygen atoms in total. The summed E-state index contributed by atoms with van der Waals surface area (Å²) in [4.78, 5) is 16.6. The van der Waals surface area contributed by atoms with Crippen LogP contribution in [0.15, 0.2) is 29.4 Å². The molecule has 112 valence electrons. The maximum absolute atomic E-state index is 12.0. The molecule has 1 unspecified atom stereocenters. The van der Waals surface area contributed by atoms with Gasteiger partial charge < -0.3 is 4.90 Å². The van der Waals surface area contributed by atoms with Crippen molar-refractivity contribution in [2.45, 2.75) is 39.2 Å². The van der Waals surface area contributed by atoms with E-state index in [2.05, 4.69) is 55.1 Å². The van der Waals surface area contributed by atoms with Crippen molar-refractivity contribution in [2.24, 2.45) is 11.0 Å². The molecule has 0 bridgehead atoms. The minimum absolute atomic E-state index is 0.141. The molecule has 0 aromatic heterocycles. The van der Waals surface area contributed by atoms with E-state index in [9.17, 15) is 4.79 Å². The number of rotatable bonds is 4. The third-order valence-corrected chi connectivity index (χ3v) is 3.89. The Bertz CT molecular complexity index is 553. The van der Waals surface area contributed by atoms with Gasteiger partial charge in [0.15, 0.2) is 0 Å². The van der Waals surface area contributed by atoms with E-state index in [1.807, 2.05) is 4.90 Å². The van der Waals surface area contributed by atoms with E-state index in [0.29, 0.717) is 26.1 Å². The van der Waals surface area contributed by atoms with Gasteiger partial charge in [-0.25, -0.2) is 0 Å². The molecule has 0 N–H and O–H groups in total. The van der Waals surface area contributed by atoms with Crippen LogP contribution in [-0.4, -0.2) is 23.9 Å². The first-order valence-electron chi connectivity index (χ1n) is 7.28. The Morgan fingerprint density at radius 1 is 1.33 bits per heavy atom. The van der Waals surface area contributed by atoms with E-state index in [1.165, 1.54) is 5.56 Å². The predicted molar refractivity (Wildman–Crippen MR) is 82.7 cm³/mol. The maximum Gasteiger partial charge on any atom is 0.223 e. The van der Waals surface area contributed by atoms with Crippen molar-refractivity contribution in [1.82, 2.24) is 4.90 Å². The van der Waals surface area contributed by atoms with Crippen LogP contribution < -0.4 is 0 Å². The lowest BCUT2D eigenvalue weighted by molar-refractivity contribution is -0.128. The number of amides is 1. The lowest BCUT2D eigenvalue weighted by Gasteiger charge is -2.20. The van der Waals surface area contributed by atoms with Crippen LogP contribution in [0.5, 0.6) is 0 Å². The number of likely N-dealkylation sites (tertiary alicyclic amines) is 1. The van der Waals surface area contributed by atoms with Crippen LogP contribution in [0.2, 0.25) is 0 Å². The molecular weight excluding hydrogens is 264 g/mol. The van der Waals surface area contributed by atoms with Gasteiger partial charge in [0.05, 0.1) is 0 Å². The predicted octanol–water partition coefficient (Wildman–Crippen LogP) is 3.64. The van der Waals surface area contributed by atoms with Crippen LogP contribution in [0.4, 0.5) is 0 Å². The van der Waals surface area contributed by atoms with E-state index in [1.54, 1.807) is 0 Å². The number of carbonyl (C=O) groups excluding carboxylic acids is 1. The molecule has 0 radical (unpaired) electrons. The highest BCUT2D eigenvalue weighted by molar-refractivity contribution is 5.78. The van der Waals surface area contributed by atoms with Gasteiger partial charge in [-0.05, 0) is 28.0 Å². The molecule has 1 heterocycles. The zero-order valence-electron chi connectivity index (χ0n) is 12.9. The fourth-order valence-electron chi connectivity index (χ4n) is 2.61. The van der Waals surface area contributed by atoms with Gasteiger partial charge in [0.25, 0.3) is 0 Å². The molecule has 1 atom stereocenters. The normalized spacial score (nSPS) is 18.7. The molecule has 0 saturated carbocycles. The number of benzene rings is 1. The lowest BCUT2D eigenvalue weighted by Crippen LogP contribution is -2.25. The molecule has 0 aliphatic carbocycles. The molecule has 1 fully saturated rings. The SMILES string of the molecule is CC(C)(C)c1ccc(CN2CC(CN=[N+]=[N-])CC2=O)cc1. The Balaban J connectivity index is 1.99. The summed E-state index contributed by atoms with van der Waals surface area (Å²) in [6.07, 6.45) is 0.485. The molecule has 1 aliphatic rings. The number of azide groups is 1. The van der Waals surface area contributed by atoms with Crippen molar-refractivity contribution in [3.8, 4) is 0 Å². The summed E-state index contributed by atoms with van der Waals surface area (Å²) in [6, 6.07) is 8.45. The second-order valence-electron chi connectivity index (χ2n) is 6.70. The zero-order valence-corrected chi connectivity index (χ0v) is 12.9. The van der Waals surface area contributed by atoms with Crippen molar-refractivity contribution < 1.29 is 4.79 Å². The third kappa shape index (κ3) is 3.99.